The van der Waals surface area contributed by atoms with Crippen molar-refractivity contribution < 1.29 is 24.2 Å². The Balaban J connectivity index is 1.87. The van der Waals surface area contributed by atoms with Crippen LogP contribution in [-0.4, -0.2) is 34.3 Å². The van der Waals surface area contributed by atoms with Gasteiger partial charge in [0.1, 0.15) is 17.7 Å². The van der Waals surface area contributed by atoms with E-state index in [1.54, 1.807) is 6.92 Å². The number of allylic oxidation sites excluding steroid dienone is 2. The Morgan fingerprint density at radius 3 is 2.71 bits per heavy atom. The van der Waals surface area contributed by atoms with E-state index in [9.17, 15) is 19.5 Å². The second-order valence-corrected chi connectivity index (χ2v) is 8.12. The molecule has 0 radical (unpaired) electrons. The van der Waals surface area contributed by atoms with Crippen molar-refractivity contribution in [2.24, 2.45) is 29.6 Å². The smallest absolute Gasteiger partial charge is 0.334 e. The molecule has 1 heterocycles. The number of ether oxygens (including phenoxy) is 1. The number of aliphatic hydroxyl groups is 1. The molecule has 1 N–H and O–H groups in total. The van der Waals surface area contributed by atoms with E-state index in [4.69, 9.17) is 4.74 Å². The van der Waals surface area contributed by atoms with Crippen molar-refractivity contribution >= 4 is 17.5 Å². The molecule has 0 unspecified atom stereocenters. The Bertz CT molecular complexity index is 701. The van der Waals surface area contributed by atoms with Crippen LogP contribution in [0.25, 0.3) is 0 Å². The molecule has 1 aliphatic heterocycles. The van der Waals surface area contributed by atoms with E-state index in [-0.39, 0.29) is 48.1 Å². The third kappa shape index (κ3) is 2.00. The highest BCUT2D eigenvalue weighted by Crippen LogP contribution is 2.55. The van der Waals surface area contributed by atoms with Crippen LogP contribution in [0, 0.1) is 29.6 Å². The molecule has 5 nitrogen and oxygen atoms in total. The molecule has 0 aromatic heterocycles. The largest absolute Gasteiger partial charge is 0.458 e. The number of hydrogen-bond acceptors (Lipinski definition) is 5. The molecule has 5 heteroatoms. The standard InChI is InChI=1S/C19H22O5/c1-8(2)10-4-9(20)5-12-11(10)6-13-15-14(24-18(13)22)7-19(3,23)16(15)17(12)21/h6,10-12,14-16,23H,1,4-5,7H2,2-3H3/t10-,11-,12+,14+,15+,16-,19-/m0/s1. The van der Waals surface area contributed by atoms with Crippen LogP contribution in [-0.2, 0) is 19.1 Å². The summed E-state index contributed by atoms with van der Waals surface area (Å²) >= 11 is 0. The van der Waals surface area contributed by atoms with E-state index in [1.165, 1.54) is 0 Å². The van der Waals surface area contributed by atoms with Gasteiger partial charge in [-0.05, 0) is 25.7 Å². The molecular formula is C19H22O5. The molecule has 4 rings (SSSR count). The number of Topliss-reactive ketones (excluding diaryl/α,β-unsaturated/α-hetero) is 2. The maximum atomic E-state index is 13.3. The summed E-state index contributed by atoms with van der Waals surface area (Å²) in [7, 11) is 0. The zero-order valence-electron chi connectivity index (χ0n) is 14.0. The van der Waals surface area contributed by atoms with E-state index < -0.39 is 23.5 Å². The Kier molecular flexibility index (Phi) is 3.21. The number of fused-ring (bicyclic) bond motifs is 1. The highest BCUT2D eigenvalue weighted by Gasteiger charge is 2.63. The molecule has 0 bridgehead atoms. The third-order valence-corrected chi connectivity index (χ3v) is 6.40. The van der Waals surface area contributed by atoms with Gasteiger partial charge in [0, 0.05) is 36.7 Å². The lowest BCUT2D eigenvalue weighted by Crippen LogP contribution is -2.44. The van der Waals surface area contributed by atoms with E-state index >= 15 is 0 Å². The van der Waals surface area contributed by atoms with Gasteiger partial charge in [-0.2, -0.15) is 0 Å². The zero-order chi connectivity index (χ0) is 17.4. The topological polar surface area (TPSA) is 80.7 Å². The first-order chi connectivity index (χ1) is 11.2. The summed E-state index contributed by atoms with van der Waals surface area (Å²) in [6, 6.07) is 0. The van der Waals surface area contributed by atoms with Crippen LogP contribution in [0.15, 0.2) is 23.8 Å². The number of carbonyl (C=O) groups is 3. The van der Waals surface area contributed by atoms with Crippen LogP contribution in [0.1, 0.15) is 33.1 Å². The molecular weight excluding hydrogens is 308 g/mol. The second kappa shape index (κ2) is 4.88. The lowest BCUT2D eigenvalue weighted by Gasteiger charge is -2.37. The van der Waals surface area contributed by atoms with Gasteiger partial charge in [-0.25, -0.2) is 4.79 Å². The first-order valence-electron chi connectivity index (χ1n) is 8.56. The van der Waals surface area contributed by atoms with E-state index in [0.717, 1.165) is 5.57 Å². The minimum atomic E-state index is -1.21. The Hall–Kier alpha value is -1.75. The lowest BCUT2D eigenvalue weighted by molar-refractivity contribution is -0.141. The van der Waals surface area contributed by atoms with Gasteiger partial charge < -0.3 is 9.84 Å². The normalized spacial score (nSPS) is 46.8. The van der Waals surface area contributed by atoms with Crippen molar-refractivity contribution in [2.75, 3.05) is 0 Å². The van der Waals surface area contributed by atoms with E-state index in [0.29, 0.717) is 12.0 Å². The second-order valence-electron chi connectivity index (χ2n) is 8.12. The van der Waals surface area contributed by atoms with Crippen LogP contribution >= 0.6 is 0 Å². The SMILES string of the molecule is C=C(C)[C@@H]1CC(=O)C[C@H]2C(=O)[C@@H]3[C@@H]4C(=C[C@@H]12)C(=O)O[C@@H]4C[C@]3(C)O. The van der Waals surface area contributed by atoms with Crippen LogP contribution in [0.4, 0.5) is 0 Å². The van der Waals surface area contributed by atoms with E-state index in [2.05, 4.69) is 6.58 Å². The predicted octanol–water partition coefficient (Wildman–Crippen LogP) is 1.60. The maximum absolute atomic E-state index is 13.3. The Morgan fingerprint density at radius 2 is 2.04 bits per heavy atom. The van der Waals surface area contributed by atoms with Gasteiger partial charge in [-0.15, -0.1) is 0 Å². The lowest BCUT2D eigenvalue weighted by atomic mass is 9.66. The highest BCUT2D eigenvalue weighted by atomic mass is 16.6. The minimum absolute atomic E-state index is 0.0554. The Morgan fingerprint density at radius 1 is 1.33 bits per heavy atom. The summed E-state index contributed by atoms with van der Waals surface area (Å²) < 4.78 is 5.43. The molecule has 0 aromatic rings. The molecule has 1 saturated heterocycles. The van der Waals surface area contributed by atoms with E-state index in [1.807, 2.05) is 13.0 Å². The van der Waals surface area contributed by atoms with Gasteiger partial charge >= 0.3 is 5.97 Å². The fraction of sp³-hybridized carbons (Fsp3) is 0.632. The maximum Gasteiger partial charge on any atom is 0.334 e. The minimum Gasteiger partial charge on any atom is -0.458 e. The molecule has 3 fully saturated rings. The molecule has 128 valence electrons. The Labute approximate surface area is 140 Å². The molecule has 4 aliphatic rings. The summed E-state index contributed by atoms with van der Waals surface area (Å²) in [6.07, 6.45) is 2.25. The quantitative estimate of drug-likeness (QED) is 0.583. The average molecular weight is 330 g/mol. The first kappa shape index (κ1) is 15.8. The van der Waals surface area contributed by atoms with Crippen LogP contribution in [0.5, 0.6) is 0 Å². The van der Waals surface area contributed by atoms with Crippen LogP contribution in [0.2, 0.25) is 0 Å². The van der Waals surface area contributed by atoms with Crippen molar-refractivity contribution in [1.29, 1.82) is 0 Å². The number of carbonyl (C=O) groups excluding carboxylic acids is 3. The highest BCUT2D eigenvalue weighted by molar-refractivity contribution is 5.98. The number of esters is 1. The van der Waals surface area contributed by atoms with Crippen molar-refractivity contribution in [3.63, 3.8) is 0 Å². The van der Waals surface area contributed by atoms with Crippen LogP contribution < -0.4 is 0 Å². The molecule has 3 aliphatic carbocycles. The van der Waals surface area contributed by atoms with Crippen molar-refractivity contribution in [3.8, 4) is 0 Å². The molecule has 24 heavy (non-hydrogen) atoms. The van der Waals surface area contributed by atoms with Gasteiger partial charge in [0.25, 0.3) is 0 Å². The average Bonchev–Trinajstić information content (AvgIpc) is 2.83. The molecule has 0 aromatic carbocycles. The van der Waals surface area contributed by atoms with Crippen molar-refractivity contribution in [2.45, 2.75) is 44.8 Å². The number of rotatable bonds is 1. The zero-order valence-corrected chi connectivity index (χ0v) is 14.0. The summed E-state index contributed by atoms with van der Waals surface area (Å²) in [6.45, 7) is 7.48. The summed E-state index contributed by atoms with van der Waals surface area (Å²) in [5.74, 6) is -2.30. The van der Waals surface area contributed by atoms with Crippen LogP contribution in [0.3, 0.4) is 0 Å². The molecule has 0 amide bonds. The fourth-order valence-electron chi connectivity index (χ4n) is 5.35. The summed E-state index contributed by atoms with van der Waals surface area (Å²) in [4.78, 5) is 37.8. The van der Waals surface area contributed by atoms with Crippen molar-refractivity contribution in [1.82, 2.24) is 0 Å². The van der Waals surface area contributed by atoms with Gasteiger partial charge in [0.05, 0.1) is 11.5 Å². The number of ketones is 2. The number of hydrogen-bond donors (Lipinski definition) is 1. The monoisotopic (exact) mass is 330 g/mol. The molecule has 7 atom stereocenters. The fourth-order valence-corrected chi connectivity index (χ4v) is 5.35. The van der Waals surface area contributed by atoms with Gasteiger partial charge in [0.2, 0.25) is 0 Å². The van der Waals surface area contributed by atoms with Gasteiger partial charge in [-0.3, -0.25) is 9.59 Å². The molecule has 2 saturated carbocycles. The first-order valence-corrected chi connectivity index (χ1v) is 8.56. The predicted molar refractivity (Wildman–Crippen MR) is 84.7 cm³/mol. The van der Waals surface area contributed by atoms with Gasteiger partial charge in [-0.1, -0.05) is 18.2 Å². The van der Waals surface area contributed by atoms with Crippen molar-refractivity contribution in [3.05, 3.63) is 23.8 Å². The molecule has 0 spiro atoms. The summed E-state index contributed by atoms with van der Waals surface area (Å²) in [5, 5.41) is 10.8. The third-order valence-electron chi connectivity index (χ3n) is 6.40. The van der Waals surface area contributed by atoms with Gasteiger partial charge in [0.15, 0.2) is 0 Å². The summed E-state index contributed by atoms with van der Waals surface area (Å²) in [5.41, 5.74) is 0.161.